The maximum atomic E-state index is 12.1. The zero-order chi connectivity index (χ0) is 21.7. The molecule has 2 rings (SSSR count). The van der Waals surface area contributed by atoms with Crippen molar-refractivity contribution in [2.45, 2.75) is 57.8 Å². The highest BCUT2D eigenvalue weighted by atomic mass is 32.2. The Bertz CT molecular complexity index is 766. The summed E-state index contributed by atoms with van der Waals surface area (Å²) < 4.78 is 26.2. The van der Waals surface area contributed by atoms with Crippen LogP contribution in [0.5, 0.6) is 0 Å². The smallest absolute Gasteiger partial charge is 0.270 e. The van der Waals surface area contributed by atoms with Crippen LogP contribution in [0.25, 0.3) is 10.4 Å². The molecule has 0 spiro atoms. The van der Waals surface area contributed by atoms with Crippen molar-refractivity contribution in [1.82, 2.24) is 15.2 Å². The molecule has 1 aliphatic rings. The standard InChI is InChI=1S/C14H21N3O3S.C5H11N3/c1-12-6-8-13(9-7-12)21(19,20)16-14(18)15-17-10-4-2-3-5-11-17;1-5(2)3-4-7-8-6/h6-9H,2-5,10-11H2,1H3,(H2,15,16,18);5H,3-4H2,1-2H3. The van der Waals surface area contributed by atoms with Gasteiger partial charge in [0, 0.05) is 24.5 Å². The second-order valence-electron chi connectivity index (χ2n) is 7.40. The maximum Gasteiger partial charge on any atom is 0.343 e. The third-order valence-electron chi connectivity index (χ3n) is 4.29. The van der Waals surface area contributed by atoms with Gasteiger partial charge in [0.15, 0.2) is 0 Å². The molecule has 0 aromatic heterocycles. The van der Waals surface area contributed by atoms with Gasteiger partial charge in [-0.1, -0.05) is 49.5 Å². The Morgan fingerprint density at radius 3 is 2.28 bits per heavy atom. The summed E-state index contributed by atoms with van der Waals surface area (Å²) in [6.07, 6.45) is 5.28. The van der Waals surface area contributed by atoms with Gasteiger partial charge in [-0.15, -0.1) is 0 Å². The van der Waals surface area contributed by atoms with Crippen LogP contribution in [0.4, 0.5) is 4.79 Å². The predicted molar refractivity (Wildman–Crippen MR) is 114 cm³/mol. The summed E-state index contributed by atoms with van der Waals surface area (Å²) >= 11 is 0. The highest BCUT2D eigenvalue weighted by Crippen LogP contribution is 2.10. The van der Waals surface area contributed by atoms with Crippen molar-refractivity contribution in [3.05, 3.63) is 40.3 Å². The third-order valence-corrected chi connectivity index (χ3v) is 5.64. The largest absolute Gasteiger partial charge is 0.343 e. The molecule has 0 radical (unpaired) electrons. The topological polar surface area (TPSA) is 127 Å². The SMILES string of the molecule is CC(C)CCN=[N+]=[N-].Cc1ccc(S(=O)(=O)NC(=O)NN2CCCCCC2)cc1. The van der Waals surface area contributed by atoms with E-state index in [0.29, 0.717) is 12.5 Å². The normalized spacial score (nSPS) is 14.8. The van der Waals surface area contributed by atoms with Crippen LogP contribution in [0.2, 0.25) is 0 Å². The minimum Gasteiger partial charge on any atom is -0.270 e. The Morgan fingerprint density at radius 1 is 1.17 bits per heavy atom. The van der Waals surface area contributed by atoms with Gasteiger partial charge in [0.2, 0.25) is 0 Å². The molecule has 2 N–H and O–H groups in total. The summed E-state index contributed by atoms with van der Waals surface area (Å²) in [5, 5.41) is 5.16. The summed E-state index contributed by atoms with van der Waals surface area (Å²) in [6.45, 7) is 8.21. The number of hydrazine groups is 1. The van der Waals surface area contributed by atoms with E-state index in [-0.39, 0.29) is 4.90 Å². The number of carbonyl (C=O) groups is 1. The molecule has 0 atom stereocenters. The lowest BCUT2D eigenvalue weighted by atomic mass is 10.1. The molecule has 10 heteroatoms. The molecule has 1 fully saturated rings. The molecule has 0 unspecified atom stereocenters. The molecule has 0 saturated carbocycles. The van der Waals surface area contributed by atoms with Gasteiger partial charge in [0.25, 0.3) is 10.0 Å². The molecule has 162 valence electrons. The van der Waals surface area contributed by atoms with Crippen LogP contribution in [0.3, 0.4) is 0 Å². The molecule has 1 heterocycles. The van der Waals surface area contributed by atoms with Crippen LogP contribution >= 0.6 is 0 Å². The number of nitrogens with one attached hydrogen (secondary N) is 2. The molecule has 1 aromatic carbocycles. The number of benzene rings is 1. The minimum absolute atomic E-state index is 0.0825. The van der Waals surface area contributed by atoms with Gasteiger partial charge in [0.05, 0.1) is 4.90 Å². The summed E-state index contributed by atoms with van der Waals surface area (Å²) in [7, 11) is -3.82. The molecular formula is C19H32N6O3S. The van der Waals surface area contributed by atoms with Gasteiger partial charge in [-0.3, -0.25) is 5.43 Å². The third kappa shape index (κ3) is 10.7. The highest BCUT2D eigenvalue weighted by Gasteiger charge is 2.19. The van der Waals surface area contributed by atoms with Gasteiger partial charge in [-0.2, -0.15) is 0 Å². The number of azide groups is 1. The van der Waals surface area contributed by atoms with E-state index in [4.69, 9.17) is 5.53 Å². The van der Waals surface area contributed by atoms with Gasteiger partial charge >= 0.3 is 6.03 Å². The first kappa shape index (κ1) is 24.7. The van der Waals surface area contributed by atoms with Crippen molar-refractivity contribution in [3.63, 3.8) is 0 Å². The molecule has 2 amide bonds. The van der Waals surface area contributed by atoms with Crippen molar-refractivity contribution in [2.24, 2.45) is 11.0 Å². The van der Waals surface area contributed by atoms with E-state index >= 15 is 0 Å². The molecule has 0 bridgehead atoms. The quantitative estimate of drug-likeness (QED) is 0.404. The van der Waals surface area contributed by atoms with Crippen LogP contribution in [-0.2, 0) is 10.0 Å². The second-order valence-corrected chi connectivity index (χ2v) is 9.08. The Kier molecular flexibility index (Phi) is 11.1. The van der Waals surface area contributed by atoms with Gasteiger partial charge < -0.3 is 0 Å². The Hall–Kier alpha value is -2.29. The lowest BCUT2D eigenvalue weighted by Gasteiger charge is -2.20. The monoisotopic (exact) mass is 424 g/mol. The number of sulfonamides is 1. The fourth-order valence-electron chi connectivity index (χ4n) is 2.61. The van der Waals surface area contributed by atoms with E-state index in [1.54, 1.807) is 17.1 Å². The number of hydrogen-bond donors (Lipinski definition) is 2. The zero-order valence-corrected chi connectivity index (χ0v) is 18.3. The summed E-state index contributed by atoms with van der Waals surface area (Å²) in [4.78, 5) is 14.6. The molecule has 1 saturated heterocycles. The summed E-state index contributed by atoms with van der Waals surface area (Å²) in [6, 6.07) is 5.65. The molecule has 1 aromatic rings. The fourth-order valence-corrected chi connectivity index (χ4v) is 3.51. The number of aryl methyl sites for hydroxylation is 1. The number of urea groups is 1. The number of amides is 2. The van der Waals surface area contributed by atoms with Crippen molar-refractivity contribution >= 4 is 16.1 Å². The van der Waals surface area contributed by atoms with E-state index in [1.165, 1.54) is 12.1 Å². The Labute approximate surface area is 173 Å². The maximum absolute atomic E-state index is 12.1. The minimum atomic E-state index is -3.82. The molecule has 1 aliphatic heterocycles. The van der Waals surface area contributed by atoms with Gasteiger partial charge in [0.1, 0.15) is 0 Å². The number of rotatable bonds is 6. The van der Waals surface area contributed by atoms with Crippen LogP contribution in [0.1, 0.15) is 51.5 Å². The van der Waals surface area contributed by atoms with E-state index in [2.05, 4.69) is 29.3 Å². The second kappa shape index (κ2) is 13.0. The zero-order valence-electron chi connectivity index (χ0n) is 17.5. The Morgan fingerprint density at radius 2 is 1.76 bits per heavy atom. The van der Waals surface area contributed by atoms with Crippen molar-refractivity contribution < 1.29 is 13.2 Å². The highest BCUT2D eigenvalue weighted by molar-refractivity contribution is 7.90. The number of carbonyl (C=O) groups excluding carboxylic acids is 1. The van der Waals surface area contributed by atoms with Crippen LogP contribution in [-0.4, -0.2) is 39.1 Å². The fraction of sp³-hybridized carbons (Fsp3) is 0.632. The molecule has 0 aliphatic carbocycles. The van der Waals surface area contributed by atoms with E-state index < -0.39 is 16.1 Å². The van der Waals surface area contributed by atoms with Gasteiger partial charge in [-0.05, 0) is 49.8 Å². The molecule has 29 heavy (non-hydrogen) atoms. The average molecular weight is 425 g/mol. The van der Waals surface area contributed by atoms with Crippen molar-refractivity contribution in [3.8, 4) is 0 Å². The van der Waals surface area contributed by atoms with Crippen LogP contribution < -0.4 is 10.1 Å². The van der Waals surface area contributed by atoms with Crippen LogP contribution in [0, 0.1) is 12.8 Å². The summed E-state index contributed by atoms with van der Waals surface area (Å²) in [5.41, 5.74) is 11.4. The van der Waals surface area contributed by atoms with Crippen LogP contribution in [0.15, 0.2) is 34.3 Å². The predicted octanol–water partition coefficient (Wildman–Crippen LogP) is 4.12. The lowest BCUT2D eigenvalue weighted by Crippen LogP contribution is -2.49. The number of nitrogens with zero attached hydrogens (tertiary/aromatic N) is 4. The number of hydrogen-bond acceptors (Lipinski definition) is 5. The van der Waals surface area contributed by atoms with Gasteiger partial charge in [-0.25, -0.2) is 22.9 Å². The Balaban J connectivity index is 0.000000447. The summed E-state index contributed by atoms with van der Waals surface area (Å²) in [5.74, 6) is 0.639. The van der Waals surface area contributed by atoms with Crippen molar-refractivity contribution in [1.29, 1.82) is 0 Å². The average Bonchev–Trinajstić information content (AvgIpc) is 2.90. The first-order valence-electron chi connectivity index (χ1n) is 9.90. The first-order chi connectivity index (χ1) is 13.7. The van der Waals surface area contributed by atoms with E-state index in [0.717, 1.165) is 50.8 Å². The molecular weight excluding hydrogens is 392 g/mol. The molecule has 9 nitrogen and oxygen atoms in total. The van der Waals surface area contributed by atoms with E-state index in [9.17, 15) is 13.2 Å². The lowest BCUT2D eigenvalue weighted by molar-refractivity contribution is 0.184. The first-order valence-corrected chi connectivity index (χ1v) is 11.4. The van der Waals surface area contributed by atoms with Crippen molar-refractivity contribution in [2.75, 3.05) is 19.6 Å². The van der Waals surface area contributed by atoms with E-state index in [1.807, 2.05) is 11.6 Å².